The molecule has 0 spiro atoms. The molecule has 2 nitrogen and oxygen atoms in total. The van der Waals surface area contributed by atoms with Crippen LogP contribution in [0.2, 0.25) is 5.02 Å². The highest BCUT2D eigenvalue weighted by molar-refractivity contribution is 7.12. The Bertz CT molecular complexity index is 233. The maximum Gasteiger partial charge on any atom is 0.347 e. The molecule has 10 heavy (non-hydrogen) atoms. The molecule has 0 aliphatic rings. The van der Waals surface area contributed by atoms with Crippen molar-refractivity contribution in [1.29, 1.82) is 0 Å². The predicted molar refractivity (Wildman–Crippen MR) is 43.5 cm³/mol. The zero-order valence-corrected chi connectivity index (χ0v) is 7.09. The second-order valence-electron chi connectivity index (χ2n) is 1.40. The fourth-order valence-corrected chi connectivity index (χ4v) is 1.42. The van der Waals surface area contributed by atoms with Crippen LogP contribution in [0.3, 0.4) is 0 Å². The van der Waals surface area contributed by atoms with Gasteiger partial charge in [-0.25, -0.2) is 4.79 Å². The first kappa shape index (κ1) is 9.75. The monoisotopic (exact) mass is 198 g/mol. The average Bonchev–Trinajstić information content (AvgIpc) is 2.13. The number of hydrogen-bond acceptors (Lipinski definition) is 2. The molecule has 0 bridgehead atoms. The molecule has 5 heteroatoms. The van der Waals surface area contributed by atoms with Gasteiger partial charge in [0.25, 0.3) is 0 Å². The van der Waals surface area contributed by atoms with Crippen molar-refractivity contribution in [3.63, 3.8) is 0 Å². The van der Waals surface area contributed by atoms with E-state index >= 15 is 0 Å². The van der Waals surface area contributed by atoms with E-state index in [1.807, 2.05) is 0 Å². The molecule has 0 aromatic carbocycles. The highest BCUT2D eigenvalue weighted by Gasteiger charge is 2.07. The van der Waals surface area contributed by atoms with Crippen LogP contribution < -0.4 is 0 Å². The van der Waals surface area contributed by atoms with Gasteiger partial charge in [0, 0.05) is 0 Å². The second kappa shape index (κ2) is 3.81. The van der Waals surface area contributed by atoms with Gasteiger partial charge in [0.05, 0.1) is 5.02 Å². The molecular weight excluding hydrogens is 195 g/mol. The third-order valence-electron chi connectivity index (χ3n) is 0.811. The van der Waals surface area contributed by atoms with E-state index in [0.717, 1.165) is 11.3 Å². The van der Waals surface area contributed by atoms with Gasteiger partial charge in [-0.2, -0.15) is 0 Å². The second-order valence-corrected chi connectivity index (χ2v) is 2.73. The van der Waals surface area contributed by atoms with Crippen LogP contribution >= 0.6 is 35.3 Å². The average molecular weight is 199 g/mol. The van der Waals surface area contributed by atoms with Crippen LogP contribution in [0.4, 0.5) is 0 Å². The van der Waals surface area contributed by atoms with Gasteiger partial charge in [0.2, 0.25) is 0 Å². The van der Waals surface area contributed by atoms with E-state index in [1.54, 1.807) is 11.4 Å². The minimum atomic E-state index is -0.963. The summed E-state index contributed by atoms with van der Waals surface area (Å²) < 4.78 is 0. The molecule has 0 amide bonds. The molecule has 0 aliphatic carbocycles. The van der Waals surface area contributed by atoms with Gasteiger partial charge >= 0.3 is 5.97 Å². The molecule has 1 heterocycles. The first-order chi connectivity index (χ1) is 4.22. The fraction of sp³-hybridized carbons (Fsp3) is 0. The third kappa shape index (κ3) is 1.87. The lowest BCUT2D eigenvalue weighted by Gasteiger charge is -1.84. The predicted octanol–water partition coefficient (Wildman–Crippen LogP) is 2.52. The van der Waals surface area contributed by atoms with Crippen LogP contribution in [-0.2, 0) is 0 Å². The Morgan fingerprint density at radius 2 is 2.30 bits per heavy atom. The molecule has 0 fully saturated rings. The van der Waals surface area contributed by atoms with E-state index in [4.69, 9.17) is 16.7 Å². The topological polar surface area (TPSA) is 37.3 Å². The van der Waals surface area contributed by atoms with E-state index < -0.39 is 5.97 Å². The van der Waals surface area contributed by atoms with Crippen LogP contribution in [0.25, 0.3) is 0 Å². The third-order valence-corrected chi connectivity index (χ3v) is 2.14. The lowest BCUT2D eigenvalue weighted by molar-refractivity contribution is 0.0702. The van der Waals surface area contributed by atoms with Gasteiger partial charge in [-0.05, 0) is 11.4 Å². The van der Waals surface area contributed by atoms with Crippen molar-refractivity contribution < 1.29 is 9.90 Å². The molecule has 56 valence electrons. The van der Waals surface area contributed by atoms with Crippen molar-refractivity contribution in [2.24, 2.45) is 0 Å². The molecule has 1 aromatic rings. The number of carboxylic acid groups (broad SMARTS) is 1. The molecule has 0 saturated carbocycles. The number of halogens is 2. The summed E-state index contributed by atoms with van der Waals surface area (Å²) in [5.41, 5.74) is 0. The normalized spacial score (nSPS) is 8.50. The number of hydrogen-bond donors (Lipinski definition) is 1. The van der Waals surface area contributed by atoms with E-state index in [9.17, 15) is 4.79 Å². The van der Waals surface area contributed by atoms with Crippen LogP contribution in [-0.4, -0.2) is 11.1 Å². The molecule has 0 unspecified atom stereocenters. The molecule has 1 aromatic heterocycles. The van der Waals surface area contributed by atoms with Crippen LogP contribution in [0.15, 0.2) is 11.4 Å². The quantitative estimate of drug-likeness (QED) is 0.754. The van der Waals surface area contributed by atoms with Crippen LogP contribution in [0, 0.1) is 0 Å². The minimum absolute atomic E-state index is 0. The van der Waals surface area contributed by atoms with Crippen molar-refractivity contribution in [2.45, 2.75) is 0 Å². The number of carbonyl (C=O) groups is 1. The SMILES string of the molecule is Cl.O=C(O)c1sccc1Cl. The van der Waals surface area contributed by atoms with Gasteiger partial charge in [-0.3, -0.25) is 0 Å². The molecule has 1 rings (SSSR count). The highest BCUT2D eigenvalue weighted by Crippen LogP contribution is 2.21. The first-order valence-electron chi connectivity index (χ1n) is 2.18. The molecule has 0 atom stereocenters. The summed E-state index contributed by atoms with van der Waals surface area (Å²) >= 11 is 6.59. The number of thiophene rings is 1. The number of carboxylic acids is 1. The van der Waals surface area contributed by atoms with Crippen molar-refractivity contribution in [3.8, 4) is 0 Å². The summed E-state index contributed by atoms with van der Waals surface area (Å²) in [5.74, 6) is -0.963. The smallest absolute Gasteiger partial charge is 0.347 e. The van der Waals surface area contributed by atoms with Crippen LogP contribution in [0.5, 0.6) is 0 Å². The molecule has 1 N–H and O–H groups in total. The first-order valence-corrected chi connectivity index (χ1v) is 3.44. The number of rotatable bonds is 1. The summed E-state index contributed by atoms with van der Waals surface area (Å²) in [6, 6.07) is 1.57. The summed E-state index contributed by atoms with van der Waals surface area (Å²) in [7, 11) is 0. The highest BCUT2D eigenvalue weighted by atomic mass is 35.5. The molecule has 0 aliphatic heterocycles. The van der Waals surface area contributed by atoms with E-state index in [2.05, 4.69) is 0 Å². The number of aromatic carboxylic acids is 1. The van der Waals surface area contributed by atoms with Crippen molar-refractivity contribution in [1.82, 2.24) is 0 Å². The fourth-order valence-electron chi connectivity index (χ4n) is 0.446. The van der Waals surface area contributed by atoms with Gasteiger partial charge in [-0.1, -0.05) is 11.6 Å². The summed E-state index contributed by atoms with van der Waals surface area (Å²) in [6.07, 6.45) is 0. The summed E-state index contributed by atoms with van der Waals surface area (Å²) in [5, 5.41) is 10.3. The van der Waals surface area contributed by atoms with Crippen molar-refractivity contribution in [3.05, 3.63) is 21.3 Å². The van der Waals surface area contributed by atoms with E-state index in [1.165, 1.54) is 0 Å². The summed E-state index contributed by atoms with van der Waals surface area (Å²) in [6.45, 7) is 0. The maximum atomic E-state index is 10.2. The Balaban J connectivity index is 0.000000810. The van der Waals surface area contributed by atoms with Crippen molar-refractivity contribution in [2.75, 3.05) is 0 Å². The lowest BCUT2D eigenvalue weighted by atomic mass is 10.5. The van der Waals surface area contributed by atoms with E-state index in [0.29, 0.717) is 5.02 Å². The Hall–Kier alpha value is -0.250. The Kier molecular flexibility index (Phi) is 3.71. The maximum absolute atomic E-state index is 10.2. The minimum Gasteiger partial charge on any atom is -0.477 e. The zero-order valence-electron chi connectivity index (χ0n) is 4.70. The molecule has 0 saturated heterocycles. The molecular formula is C5H4Cl2O2S. The Labute approximate surface area is 72.8 Å². The van der Waals surface area contributed by atoms with Gasteiger partial charge < -0.3 is 5.11 Å². The largest absolute Gasteiger partial charge is 0.477 e. The van der Waals surface area contributed by atoms with Gasteiger partial charge in [0.1, 0.15) is 4.88 Å². The van der Waals surface area contributed by atoms with E-state index in [-0.39, 0.29) is 17.3 Å². The zero-order chi connectivity index (χ0) is 6.85. The van der Waals surface area contributed by atoms with Crippen LogP contribution in [0.1, 0.15) is 9.67 Å². The van der Waals surface area contributed by atoms with Gasteiger partial charge in [0.15, 0.2) is 0 Å². The standard InChI is InChI=1S/C5H3ClO2S.ClH/c6-3-1-2-9-4(3)5(7)8;/h1-2H,(H,7,8);1H. The Morgan fingerprint density at radius 3 is 2.50 bits per heavy atom. The molecule has 0 radical (unpaired) electrons. The Morgan fingerprint density at radius 1 is 1.70 bits per heavy atom. The van der Waals surface area contributed by atoms with Gasteiger partial charge in [-0.15, -0.1) is 23.7 Å². The lowest BCUT2D eigenvalue weighted by Crippen LogP contribution is -1.91. The van der Waals surface area contributed by atoms with Crippen molar-refractivity contribution >= 4 is 41.3 Å². The summed E-state index contributed by atoms with van der Waals surface area (Å²) in [4.78, 5) is 10.4.